The van der Waals surface area contributed by atoms with E-state index < -0.39 is 5.97 Å². The molecule has 1 aromatic rings. The van der Waals surface area contributed by atoms with Crippen molar-refractivity contribution in [1.29, 1.82) is 0 Å². The molecule has 5 nitrogen and oxygen atoms in total. The molecule has 1 aromatic heterocycles. The number of aryl methyl sites for hydroxylation is 1. The number of piperidine rings is 1. The van der Waals surface area contributed by atoms with E-state index in [0.717, 1.165) is 23.5 Å². The number of nitrogens with zero attached hydrogens (tertiary/aromatic N) is 2. The third-order valence-electron chi connectivity index (χ3n) is 3.73. The van der Waals surface area contributed by atoms with E-state index >= 15 is 0 Å². The predicted molar refractivity (Wildman–Crippen MR) is 82.1 cm³/mol. The predicted octanol–water partition coefficient (Wildman–Crippen LogP) is 2.57. The maximum atomic E-state index is 12.1. The van der Waals surface area contributed by atoms with Crippen molar-refractivity contribution in [3.63, 3.8) is 0 Å². The molecule has 0 bridgehead atoms. The van der Waals surface area contributed by atoms with Crippen molar-refractivity contribution in [2.24, 2.45) is 5.92 Å². The first-order valence-electron chi connectivity index (χ1n) is 7.15. The highest BCUT2D eigenvalue weighted by molar-refractivity contribution is 7.09. The van der Waals surface area contributed by atoms with Crippen LogP contribution in [-0.4, -0.2) is 40.0 Å². The average Bonchev–Trinajstić information content (AvgIpc) is 2.89. The number of hydrogen-bond acceptors (Lipinski definition) is 4. The summed E-state index contributed by atoms with van der Waals surface area (Å²) >= 11 is 1.56. The lowest BCUT2D eigenvalue weighted by Crippen LogP contribution is -2.37. The van der Waals surface area contributed by atoms with Crippen molar-refractivity contribution in [3.05, 3.63) is 22.2 Å². The highest BCUT2D eigenvalue weighted by atomic mass is 32.1. The molecular weight excluding hydrogens is 288 g/mol. The van der Waals surface area contributed by atoms with E-state index in [1.54, 1.807) is 23.5 Å². The van der Waals surface area contributed by atoms with Crippen molar-refractivity contribution in [3.8, 4) is 0 Å². The van der Waals surface area contributed by atoms with E-state index in [0.29, 0.717) is 25.4 Å². The summed E-state index contributed by atoms with van der Waals surface area (Å²) in [6.45, 7) is 3.36. The van der Waals surface area contributed by atoms with E-state index in [1.165, 1.54) is 0 Å². The second kappa shape index (κ2) is 7.36. The van der Waals surface area contributed by atoms with Crippen LogP contribution in [-0.2, 0) is 9.59 Å². The summed E-state index contributed by atoms with van der Waals surface area (Å²) in [5.41, 5.74) is 0.821. The van der Waals surface area contributed by atoms with E-state index in [1.807, 2.05) is 17.2 Å². The zero-order chi connectivity index (χ0) is 15.2. The van der Waals surface area contributed by atoms with Gasteiger partial charge in [-0.05, 0) is 38.2 Å². The van der Waals surface area contributed by atoms with Crippen LogP contribution in [0.3, 0.4) is 0 Å². The Morgan fingerprint density at radius 1 is 1.48 bits per heavy atom. The molecule has 1 fully saturated rings. The molecule has 0 aliphatic carbocycles. The Bertz CT molecular complexity index is 531. The van der Waals surface area contributed by atoms with Gasteiger partial charge in [-0.1, -0.05) is 0 Å². The van der Waals surface area contributed by atoms with Gasteiger partial charge in [0.2, 0.25) is 5.91 Å². The maximum absolute atomic E-state index is 12.1. The van der Waals surface area contributed by atoms with Crippen molar-refractivity contribution in [2.45, 2.75) is 32.6 Å². The minimum Gasteiger partial charge on any atom is -0.481 e. The number of aromatic nitrogens is 1. The van der Waals surface area contributed by atoms with Gasteiger partial charge in [0, 0.05) is 31.0 Å². The molecule has 0 unspecified atom stereocenters. The quantitative estimate of drug-likeness (QED) is 0.849. The summed E-state index contributed by atoms with van der Waals surface area (Å²) in [5.74, 6) is -0.303. The Labute approximate surface area is 128 Å². The van der Waals surface area contributed by atoms with Gasteiger partial charge in [-0.3, -0.25) is 9.59 Å². The van der Waals surface area contributed by atoms with Gasteiger partial charge in [-0.25, -0.2) is 4.98 Å². The fraction of sp³-hybridized carbons (Fsp3) is 0.533. The first-order valence-corrected chi connectivity index (χ1v) is 8.03. The second-order valence-corrected chi connectivity index (χ2v) is 6.39. The highest BCUT2D eigenvalue weighted by Gasteiger charge is 2.21. The van der Waals surface area contributed by atoms with E-state index in [4.69, 9.17) is 5.11 Å². The van der Waals surface area contributed by atoms with Crippen LogP contribution in [0.25, 0.3) is 6.08 Å². The molecular formula is C15H20N2O3S. The Kier molecular flexibility index (Phi) is 5.50. The maximum Gasteiger partial charge on any atom is 0.303 e. The average molecular weight is 308 g/mol. The molecule has 114 valence electrons. The normalized spacial score (nSPS) is 16.5. The van der Waals surface area contributed by atoms with Crippen LogP contribution in [0.2, 0.25) is 0 Å². The first-order chi connectivity index (χ1) is 10.0. The molecule has 2 rings (SSSR count). The van der Waals surface area contributed by atoms with Crippen LogP contribution in [0.4, 0.5) is 0 Å². The summed E-state index contributed by atoms with van der Waals surface area (Å²) < 4.78 is 0. The van der Waals surface area contributed by atoms with Crippen LogP contribution >= 0.6 is 11.3 Å². The van der Waals surface area contributed by atoms with E-state index in [-0.39, 0.29) is 12.3 Å². The fourth-order valence-corrected chi connectivity index (χ4v) is 3.07. The molecule has 1 N–H and O–H groups in total. The van der Waals surface area contributed by atoms with Crippen molar-refractivity contribution in [1.82, 2.24) is 9.88 Å². The number of thiazole rings is 1. The summed E-state index contributed by atoms with van der Waals surface area (Å²) in [6.07, 6.45) is 6.05. The van der Waals surface area contributed by atoms with Gasteiger partial charge in [0.15, 0.2) is 0 Å². The van der Waals surface area contributed by atoms with E-state index in [9.17, 15) is 9.59 Å². The molecule has 1 aliphatic rings. The van der Waals surface area contributed by atoms with Gasteiger partial charge in [0.25, 0.3) is 0 Å². The van der Waals surface area contributed by atoms with Crippen LogP contribution < -0.4 is 0 Å². The summed E-state index contributed by atoms with van der Waals surface area (Å²) in [6, 6.07) is 0. The lowest BCUT2D eigenvalue weighted by molar-refractivity contribution is -0.137. The van der Waals surface area contributed by atoms with Gasteiger partial charge >= 0.3 is 5.97 Å². The van der Waals surface area contributed by atoms with Gasteiger partial charge in [-0.15, -0.1) is 11.3 Å². The van der Waals surface area contributed by atoms with Crippen LogP contribution in [0.15, 0.2) is 11.5 Å². The number of amides is 1. The standard InChI is InChI=1S/C15H20N2O3S/c1-11-16-13(10-21-11)3-4-14(18)17-8-6-12(7-9-17)2-5-15(19)20/h3-4,10,12H,2,5-9H2,1H3,(H,19,20). The zero-order valence-corrected chi connectivity index (χ0v) is 12.9. The number of rotatable bonds is 5. The molecule has 0 saturated carbocycles. The molecule has 1 amide bonds. The minimum absolute atomic E-state index is 0.0114. The van der Waals surface area contributed by atoms with Crippen molar-refractivity contribution >= 4 is 29.3 Å². The third-order valence-corrected chi connectivity index (χ3v) is 4.52. The molecule has 0 radical (unpaired) electrons. The van der Waals surface area contributed by atoms with Crippen LogP contribution in [0.1, 0.15) is 36.4 Å². The second-order valence-electron chi connectivity index (χ2n) is 5.33. The van der Waals surface area contributed by atoms with Gasteiger partial charge in [0.05, 0.1) is 10.7 Å². The Hall–Kier alpha value is -1.69. The largest absolute Gasteiger partial charge is 0.481 e. The SMILES string of the molecule is Cc1nc(C=CC(=O)N2CCC(CCC(=O)O)CC2)cs1. The number of aliphatic carboxylic acids is 1. The molecule has 1 aliphatic heterocycles. The van der Waals surface area contributed by atoms with Gasteiger partial charge in [0.1, 0.15) is 0 Å². The topological polar surface area (TPSA) is 70.5 Å². The lowest BCUT2D eigenvalue weighted by Gasteiger charge is -2.31. The Balaban J connectivity index is 1.77. The lowest BCUT2D eigenvalue weighted by atomic mass is 9.92. The summed E-state index contributed by atoms with van der Waals surface area (Å²) in [7, 11) is 0. The number of carboxylic acid groups (broad SMARTS) is 1. The zero-order valence-electron chi connectivity index (χ0n) is 12.1. The summed E-state index contributed by atoms with van der Waals surface area (Å²) in [4.78, 5) is 28.7. The first kappa shape index (κ1) is 15.7. The van der Waals surface area contributed by atoms with Gasteiger partial charge in [-0.2, -0.15) is 0 Å². The van der Waals surface area contributed by atoms with E-state index in [2.05, 4.69) is 4.98 Å². The minimum atomic E-state index is -0.741. The molecule has 21 heavy (non-hydrogen) atoms. The molecule has 1 saturated heterocycles. The monoisotopic (exact) mass is 308 g/mol. The summed E-state index contributed by atoms with van der Waals surface area (Å²) in [5, 5.41) is 11.6. The number of carboxylic acids is 1. The molecule has 6 heteroatoms. The van der Waals surface area contributed by atoms with Crippen molar-refractivity contribution in [2.75, 3.05) is 13.1 Å². The fourth-order valence-electron chi connectivity index (χ4n) is 2.49. The molecule has 0 atom stereocenters. The Morgan fingerprint density at radius 2 is 2.19 bits per heavy atom. The third kappa shape index (κ3) is 4.97. The molecule has 2 heterocycles. The number of hydrogen-bond donors (Lipinski definition) is 1. The molecule has 0 spiro atoms. The van der Waals surface area contributed by atoms with Gasteiger partial charge < -0.3 is 10.0 Å². The van der Waals surface area contributed by atoms with Crippen LogP contribution in [0, 0.1) is 12.8 Å². The smallest absolute Gasteiger partial charge is 0.303 e. The Morgan fingerprint density at radius 3 is 2.76 bits per heavy atom. The number of likely N-dealkylation sites (tertiary alicyclic amines) is 1. The number of carbonyl (C=O) groups excluding carboxylic acids is 1. The van der Waals surface area contributed by atoms with Crippen LogP contribution in [0.5, 0.6) is 0 Å². The van der Waals surface area contributed by atoms with Crippen molar-refractivity contribution < 1.29 is 14.7 Å². The highest BCUT2D eigenvalue weighted by Crippen LogP contribution is 2.22. The molecule has 0 aromatic carbocycles. The number of carbonyl (C=O) groups is 2.